The van der Waals surface area contributed by atoms with Crippen LogP contribution in [0.5, 0.6) is 5.75 Å². The van der Waals surface area contributed by atoms with E-state index in [1.54, 1.807) is 19.2 Å². The van der Waals surface area contributed by atoms with Crippen LogP contribution in [0.15, 0.2) is 59.5 Å². The summed E-state index contributed by atoms with van der Waals surface area (Å²) in [6, 6.07) is 17.4. The Hall–Kier alpha value is -2.53. The van der Waals surface area contributed by atoms with Crippen molar-refractivity contribution in [3.05, 3.63) is 71.7 Å². The van der Waals surface area contributed by atoms with E-state index >= 15 is 0 Å². The minimum atomic E-state index is -0.161. The van der Waals surface area contributed by atoms with Crippen molar-refractivity contribution in [3.63, 3.8) is 0 Å². The first-order chi connectivity index (χ1) is 14.7. The summed E-state index contributed by atoms with van der Waals surface area (Å²) in [5.41, 5.74) is 5.90. The fourth-order valence-electron chi connectivity index (χ4n) is 4.50. The Balaban J connectivity index is 1.42. The molecule has 5 rings (SSSR count). The third-order valence-electron chi connectivity index (χ3n) is 6.15. The van der Waals surface area contributed by atoms with E-state index < -0.39 is 0 Å². The van der Waals surface area contributed by atoms with Crippen LogP contribution in [0.25, 0.3) is 11.3 Å². The molecule has 1 aromatic heterocycles. The molecular weight excluding hydrogens is 395 g/mol. The van der Waals surface area contributed by atoms with E-state index in [2.05, 4.69) is 23.1 Å². The quantitative estimate of drug-likeness (QED) is 0.522. The first-order valence-corrected chi connectivity index (χ1v) is 11.5. The number of aromatic nitrogens is 1. The molecule has 2 aliphatic heterocycles. The lowest BCUT2D eigenvalue weighted by molar-refractivity contribution is 0.415. The molecule has 0 radical (unpaired) electrons. The van der Waals surface area contributed by atoms with Crippen molar-refractivity contribution in [2.24, 2.45) is 0 Å². The number of hydrogen-bond acceptors (Lipinski definition) is 4. The zero-order valence-corrected chi connectivity index (χ0v) is 17.9. The topological polar surface area (TPSA) is 25.4 Å². The molecule has 3 nitrogen and oxygen atoms in total. The zero-order valence-electron chi connectivity index (χ0n) is 17.1. The molecule has 154 valence electrons. The first-order valence-electron chi connectivity index (χ1n) is 10.5. The van der Waals surface area contributed by atoms with Crippen molar-refractivity contribution in [2.75, 3.05) is 30.9 Å². The zero-order chi connectivity index (χ0) is 20.5. The number of fused-ring (bicyclic) bond motifs is 1. The minimum absolute atomic E-state index is 0.161. The molecule has 0 spiro atoms. The van der Waals surface area contributed by atoms with Gasteiger partial charge in [0.2, 0.25) is 0 Å². The fraction of sp³-hybridized carbons (Fsp3) is 0.320. The van der Waals surface area contributed by atoms with E-state index in [0.717, 1.165) is 55.1 Å². The second-order valence-electron chi connectivity index (χ2n) is 7.95. The van der Waals surface area contributed by atoms with E-state index in [1.165, 1.54) is 21.8 Å². The van der Waals surface area contributed by atoms with Crippen LogP contribution in [0.4, 0.5) is 10.1 Å². The second-order valence-corrected chi connectivity index (χ2v) is 9.05. The molecule has 0 aliphatic carbocycles. The van der Waals surface area contributed by atoms with Crippen molar-refractivity contribution in [3.8, 4) is 17.0 Å². The molecule has 30 heavy (non-hydrogen) atoms. The molecule has 0 amide bonds. The minimum Gasteiger partial charge on any atom is -0.497 e. The highest BCUT2D eigenvalue weighted by molar-refractivity contribution is 7.99. The number of nitrogens with zero attached hydrogens (tertiary/aromatic N) is 2. The van der Waals surface area contributed by atoms with Gasteiger partial charge in [-0.1, -0.05) is 24.3 Å². The van der Waals surface area contributed by atoms with Crippen LogP contribution in [0.1, 0.15) is 30.0 Å². The maximum absolute atomic E-state index is 13.3. The van der Waals surface area contributed by atoms with Gasteiger partial charge in [-0.25, -0.2) is 4.39 Å². The Labute approximate surface area is 181 Å². The molecule has 1 saturated heterocycles. The average molecular weight is 421 g/mol. The number of piperidine rings is 1. The summed E-state index contributed by atoms with van der Waals surface area (Å²) >= 11 is 1.93. The van der Waals surface area contributed by atoms with Gasteiger partial charge >= 0.3 is 0 Å². The summed E-state index contributed by atoms with van der Waals surface area (Å²) in [5.74, 6) is 2.29. The smallest absolute Gasteiger partial charge is 0.123 e. The normalized spacial score (nSPS) is 16.5. The first kappa shape index (κ1) is 19.4. The van der Waals surface area contributed by atoms with Gasteiger partial charge in [-0.3, -0.25) is 4.98 Å². The van der Waals surface area contributed by atoms with Crippen LogP contribution in [-0.4, -0.2) is 30.9 Å². The van der Waals surface area contributed by atoms with Crippen LogP contribution in [0, 0.1) is 5.82 Å². The number of pyridine rings is 1. The fourth-order valence-corrected chi connectivity index (χ4v) is 5.65. The SMILES string of the molecule is COc1cccc(-c2cc(N3CCC(c4ccc(F)cc4)CC3)c3c(n2)CCS3)c1. The van der Waals surface area contributed by atoms with Crippen LogP contribution < -0.4 is 9.64 Å². The Morgan fingerprint density at radius 1 is 1.07 bits per heavy atom. The molecule has 0 bridgehead atoms. The number of ether oxygens (including phenoxy) is 1. The number of halogens is 1. The average Bonchev–Trinajstić information content (AvgIpc) is 3.28. The van der Waals surface area contributed by atoms with E-state index in [9.17, 15) is 4.39 Å². The molecule has 3 aromatic rings. The van der Waals surface area contributed by atoms with Crippen LogP contribution in [-0.2, 0) is 6.42 Å². The van der Waals surface area contributed by atoms with Crippen molar-refractivity contribution < 1.29 is 9.13 Å². The Bertz CT molecular complexity index is 1050. The Kier molecular flexibility index (Phi) is 5.38. The van der Waals surface area contributed by atoms with Gasteiger partial charge in [-0.2, -0.15) is 0 Å². The Morgan fingerprint density at radius 2 is 1.87 bits per heavy atom. The van der Waals surface area contributed by atoms with Crippen molar-refractivity contribution in [2.45, 2.75) is 30.1 Å². The number of anilines is 1. The lowest BCUT2D eigenvalue weighted by atomic mass is 9.89. The number of benzene rings is 2. The van der Waals surface area contributed by atoms with Crippen molar-refractivity contribution >= 4 is 17.4 Å². The van der Waals surface area contributed by atoms with E-state index in [-0.39, 0.29) is 5.82 Å². The summed E-state index contributed by atoms with van der Waals surface area (Å²) < 4.78 is 18.7. The lowest BCUT2D eigenvalue weighted by Gasteiger charge is -2.35. The maximum Gasteiger partial charge on any atom is 0.123 e. The number of rotatable bonds is 4. The van der Waals surface area contributed by atoms with Crippen LogP contribution in [0.2, 0.25) is 0 Å². The molecule has 0 saturated carbocycles. The standard InChI is InChI=1S/C25H25FN2OS/c1-29-21-4-2-3-19(15-21)23-16-24(25-22(27-23)11-14-30-25)28-12-9-18(10-13-28)17-5-7-20(26)8-6-17/h2-8,15-16,18H,9-14H2,1H3. The van der Waals surface area contributed by atoms with Gasteiger partial charge in [-0.15, -0.1) is 11.8 Å². The monoisotopic (exact) mass is 420 g/mol. The van der Waals surface area contributed by atoms with Gasteiger partial charge in [-0.05, 0) is 54.7 Å². The van der Waals surface area contributed by atoms with Crippen molar-refractivity contribution in [1.29, 1.82) is 0 Å². The molecule has 2 aliphatic rings. The predicted octanol–water partition coefficient (Wildman–Crippen LogP) is 5.93. The Morgan fingerprint density at radius 3 is 2.63 bits per heavy atom. The largest absolute Gasteiger partial charge is 0.497 e. The van der Waals surface area contributed by atoms with Crippen LogP contribution >= 0.6 is 11.8 Å². The van der Waals surface area contributed by atoms with Gasteiger partial charge in [0.1, 0.15) is 11.6 Å². The summed E-state index contributed by atoms with van der Waals surface area (Å²) in [7, 11) is 1.70. The summed E-state index contributed by atoms with van der Waals surface area (Å²) in [6.45, 7) is 2.02. The molecule has 0 unspecified atom stereocenters. The molecule has 5 heteroatoms. The predicted molar refractivity (Wildman–Crippen MR) is 121 cm³/mol. The van der Waals surface area contributed by atoms with E-state index in [0.29, 0.717) is 5.92 Å². The summed E-state index contributed by atoms with van der Waals surface area (Å²) in [4.78, 5) is 8.85. The molecule has 3 heterocycles. The van der Waals surface area contributed by atoms with Gasteiger partial charge in [0, 0.05) is 30.8 Å². The number of hydrogen-bond donors (Lipinski definition) is 0. The highest BCUT2D eigenvalue weighted by atomic mass is 32.2. The molecule has 0 N–H and O–H groups in total. The number of methoxy groups -OCH3 is 1. The summed E-state index contributed by atoms with van der Waals surface area (Å²) in [6.07, 6.45) is 3.20. The van der Waals surface area contributed by atoms with E-state index in [1.807, 2.05) is 36.0 Å². The highest BCUT2D eigenvalue weighted by Crippen LogP contribution is 2.42. The molecule has 0 atom stereocenters. The lowest BCUT2D eigenvalue weighted by Crippen LogP contribution is -2.33. The highest BCUT2D eigenvalue weighted by Gasteiger charge is 2.26. The van der Waals surface area contributed by atoms with Gasteiger partial charge in [0.05, 0.1) is 29.1 Å². The molecule has 1 fully saturated rings. The molecular formula is C25H25FN2OS. The van der Waals surface area contributed by atoms with Gasteiger partial charge in [0.25, 0.3) is 0 Å². The third kappa shape index (κ3) is 3.79. The van der Waals surface area contributed by atoms with Crippen LogP contribution in [0.3, 0.4) is 0 Å². The molecule has 2 aromatic carbocycles. The van der Waals surface area contributed by atoms with Gasteiger partial charge < -0.3 is 9.64 Å². The van der Waals surface area contributed by atoms with E-state index in [4.69, 9.17) is 9.72 Å². The van der Waals surface area contributed by atoms with Gasteiger partial charge in [0.15, 0.2) is 0 Å². The second kappa shape index (κ2) is 8.31. The third-order valence-corrected chi connectivity index (χ3v) is 7.29. The summed E-state index contributed by atoms with van der Waals surface area (Å²) in [5, 5.41) is 0. The number of thioether (sulfide) groups is 1. The maximum atomic E-state index is 13.3. The van der Waals surface area contributed by atoms with Crippen molar-refractivity contribution in [1.82, 2.24) is 4.98 Å². The number of aryl methyl sites for hydroxylation is 1.